The summed E-state index contributed by atoms with van der Waals surface area (Å²) in [6.45, 7) is 2.37. The van der Waals surface area contributed by atoms with Crippen LogP contribution in [0.15, 0.2) is 52.8 Å². The summed E-state index contributed by atoms with van der Waals surface area (Å²) in [5.74, 6) is -0.358. The maximum absolute atomic E-state index is 13.1. The fourth-order valence-electron chi connectivity index (χ4n) is 3.33. The van der Waals surface area contributed by atoms with E-state index >= 15 is 0 Å². The number of benzene rings is 1. The Morgan fingerprint density at radius 3 is 2.48 bits per heavy atom. The molecule has 3 heterocycles. The van der Waals surface area contributed by atoms with E-state index in [-0.39, 0.29) is 23.9 Å². The second-order valence-corrected chi connectivity index (χ2v) is 8.40. The summed E-state index contributed by atoms with van der Waals surface area (Å²) in [6.07, 6.45) is 5.08. The number of hydrogen-bond donors (Lipinski definition) is 1. The lowest BCUT2D eigenvalue weighted by Crippen LogP contribution is -2.37. The predicted octanol–water partition coefficient (Wildman–Crippen LogP) is 1.98. The largest absolute Gasteiger partial charge is 0.480 e. The van der Waals surface area contributed by atoms with Crippen LogP contribution in [-0.2, 0) is 28.2 Å². The Bertz CT molecular complexity index is 1160. The van der Waals surface area contributed by atoms with Gasteiger partial charge in [-0.15, -0.1) is 0 Å². The normalized spacial score (nSPS) is 13.8. The van der Waals surface area contributed by atoms with Gasteiger partial charge >= 0.3 is 5.97 Å². The lowest BCUT2D eigenvalue weighted by Gasteiger charge is -2.26. The van der Waals surface area contributed by atoms with Crippen molar-refractivity contribution in [1.82, 2.24) is 19.5 Å². The van der Waals surface area contributed by atoms with E-state index < -0.39 is 11.5 Å². The molecule has 1 aliphatic rings. The molecule has 0 unspecified atom stereocenters. The molecule has 0 bridgehead atoms. The number of aromatic nitrogens is 4. The molecule has 0 spiro atoms. The zero-order valence-corrected chi connectivity index (χ0v) is 18.5. The molecule has 0 saturated carbocycles. The maximum Gasteiger partial charge on any atom is 0.323 e. The average Bonchev–Trinajstić information content (AvgIpc) is 2.82. The van der Waals surface area contributed by atoms with Gasteiger partial charge in [-0.2, -0.15) is 4.98 Å². The van der Waals surface area contributed by atoms with Gasteiger partial charge in [0.15, 0.2) is 5.16 Å². The summed E-state index contributed by atoms with van der Waals surface area (Å²) in [4.78, 5) is 38.9. The van der Waals surface area contributed by atoms with Crippen molar-refractivity contribution in [3.63, 3.8) is 0 Å². The van der Waals surface area contributed by atoms with Crippen LogP contribution in [0.25, 0.3) is 0 Å². The zero-order chi connectivity index (χ0) is 23.2. The van der Waals surface area contributed by atoms with Crippen LogP contribution in [0.3, 0.4) is 0 Å². The second-order valence-electron chi connectivity index (χ2n) is 7.46. The smallest absolute Gasteiger partial charge is 0.323 e. The van der Waals surface area contributed by atoms with Gasteiger partial charge in [-0.3, -0.25) is 9.59 Å². The highest BCUT2D eigenvalue weighted by atomic mass is 32.2. The van der Waals surface area contributed by atoms with Crippen LogP contribution in [0.2, 0.25) is 0 Å². The van der Waals surface area contributed by atoms with Crippen molar-refractivity contribution in [2.45, 2.75) is 23.9 Å². The minimum absolute atomic E-state index is 0.234. The topological polar surface area (TPSA) is 110 Å². The van der Waals surface area contributed by atoms with Gasteiger partial charge in [0.05, 0.1) is 13.2 Å². The van der Waals surface area contributed by atoms with Crippen LogP contribution in [0, 0.1) is 5.82 Å². The molecule has 1 fully saturated rings. The van der Waals surface area contributed by atoms with Crippen LogP contribution in [-0.4, -0.2) is 56.9 Å². The first-order valence-corrected chi connectivity index (χ1v) is 11.3. The standard InChI is InChI=1S/C22H22FN5O4S/c23-18-3-1-15(2-4-18)14-33-22-26-20(31)17(12-28(22)13-19(29)30)9-16-10-24-21(25-11-16)27-5-7-32-8-6-27/h1-4,10-12H,5-9,13-14H2,(H,29,30). The van der Waals surface area contributed by atoms with Crippen LogP contribution >= 0.6 is 11.8 Å². The van der Waals surface area contributed by atoms with Crippen molar-refractivity contribution in [3.05, 3.63) is 75.7 Å². The van der Waals surface area contributed by atoms with Gasteiger partial charge in [-0.05, 0) is 23.3 Å². The number of anilines is 1. The Hall–Kier alpha value is -3.31. The fraction of sp³-hybridized carbons (Fsp3) is 0.318. The third kappa shape index (κ3) is 6.14. The molecule has 1 N–H and O–H groups in total. The number of nitrogens with zero attached hydrogens (tertiary/aromatic N) is 5. The number of carbonyl (C=O) groups is 1. The molecule has 3 aromatic rings. The van der Waals surface area contributed by atoms with E-state index in [4.69, 9.17) is 4.74 Å². The molecule has 1 aliphatic heterocycles. The molecule has 1 aromatic carbocycles. The van der Waals surface area contributed by atoms with Crippen LogP contribution < -0.4 is 10.5 Å². The molecule has 2 aromatic heterocycles. The van der Waals surface area contributed by atoms with E-state index in [1.165, 1.54) is 34.7 Å². The minimum atomic E-state index is -1.05. The van der Waals surface area contributed by atoms with Gasteiger partial charge in [-0.1, -0.05) is 23.9 Å². The number of ether oxygens (including phenoxy) is 1. The summed E-state index contributed by atoms with van der Waals surface area (Å²) >= 11 is 1.22. The van der Waals surface area contributed by atoms with Gasteiger partial charge in [0.1, 0.15) is 12.4 Å². The summed E-state index contributed by atoms with van der Waals surface area (Å²) in [7, 11) is 0. The van der Waals surface area contributed by atoms with Gasteiger partial charge in [0.2, 0.25) is 5.95 Å². The molecule has 1 saturated heterocycles. The third-order valence-electron chi connectivity index (χ3n) is 5.00. The number of thioether (sulfide) groups is 1. The van der Waals surface area contributed by atoms with E-state index in [9.17, 15) is 19.1 Å². The number of morpholine rings is 1. The van der Waals surface area contributed by atoms with Crippen molar-refractivity contribution in [2.24, 2.45) is 0 Å². The van der Waals surface area contributed by atoms with Crippen LogP contribution in [0.4, 0.5) is 10.3 Å². The first kappa shape index (κ1) is 22.9. The van der Waals surface area contributed by atoms with Crippen molar-refractivity contribution in [2.75, 3.05) is 31.2 Å². The summed E-state index contributed by atoms with van der Waals surface area (Å²) in [5.41, 5.74) is 1.47. The van der Waals surface area contributed by atoms with E-state index in [0.717, 1.165) is 24.2 Å². The molecule has 33 heavy (non-hydrogen) atoms. The lowest BCUT2D eigenvalue weighted by atomic mass is 10.1. The number of halogens is 1. The van der Waals surface area contributed by atoms with Crippen LogP contribution in [0.5, 0.6) is 0 Å². The number of hydrogen-bond acceptors (Lipinski definition) is 8. The molecule has 9 nitrogen and oxygen atoms in total. The minimum Gasteiger partial charge on any atom is -0.480 e. The van der Waals surface area contributed by atoms with E-state index in [2.05, 4.69) is 15.0 Å². The number of aliphatic carboxylic acids is 1. The van der Waals surface area contributed by atoms with Crippen molar-refractivity contribution in [1.29, 1.82) is 0 Å². The highest BCUT2D eigenvalue weighted by Gasteiger charge is 2.15. The molecule has 0 atom stereocenters. The van der Waals surface area contributed by atoms with Gasteiger partial charge in [-0.25, -0.2) is 14.4 Å². The highest BCUT2D eigenvalue weighted by molar-refractivity contribution is 7.98. The van der Waals surface area contributed by atoms with E-state index in [1.807, 2.05) is 4.90 Å². The molecule has 0 radical (unpaired) electrons. The van der Waals surface area contributed by atoms with Crippen molar-refractivity contribution < 1.29 is 19.0 Å². The van der Waals surface area contributed by atoms with Crippen LogP contribution in [0.1, 0.15) is 16.7 Å². The summed E-state index contributed by atoms with van der Waals surface area (Å²) < 4.78 is 19.9. The highest BCUT2D eigenvalue weighted by Crippen LogP contribution is 2.21. The SMILES string of the molecule is O=C(O)Cn1cc(Cc2cnc(N3CCOCC3)nc2)c(=O)nc1SCc1ccc(F)cc1. The first-order valence-electron chi connectivity index (χ1n) is 10.3. The monoisotopic (exact) mass is 471 g/mol. The Morgan fingerprint density at radius 2 is 1.82 bits per heavy atom. The molecule has 0 amide bonds. The maximum atomic E-state index is 13.1. The van der Waals surface area contributed by atoms with Gasteiger partial charge in [0, 0.05) is 49.4 Å². The third-order valence-corrected chi connectivity index (χ3v) is 6.06. The zero-order valence-electron chi connectivity index (χ0n) is 17.7. The van der Waals surface area contributed by atoms with Crippen molar-refractivity contribution >= 4 is 23.7 Å². The fourth-order valence-corrected chi connectivity index (χ4v) is 4.25. The van der Waals surface area contributed by atoms with E-state index in [0.29, 0.717) is 30.5 Å². The number of carboxylic acids is 1. The number of carboxylic acid groups (broad SMARTS) is 1. The van der Waals surface area contributed by atoms with Gasteiger partial charge < -0.3 is 19.3 Å². The Kier molecular flexibility index (Phi) is 7.30. The predicted molar refractivity (Wildman–Crippen MR) is 120 cm³/mol. The Labute approximate surface area is 193 Å². The van der Waals surface area contributed by atoms with Gasteiger partial charge in [0.25, 0.3) is 5.56 Å². The number of rotatable bonds is 8. The molecular weight excluding hydrogens is 449 g/mol. The lowest BCUT2D eigenvalue weighted by molar-refractivity contribution is -0.137. The molecule has 172 valence electrons. The molecule has 11 heteroatoms. The molecular formula is C22H22FN5O4S. The Morgan fingerprint density at radius 1 is 1.12 bits per heavy atom. The quantitative estimate of drug-likeness (QED) is 0.389. The summed E-state index contributed by atoms with van der Waals surface area (Å²) in [5, 5.41) is 9.59. The Balaban J connectivity index is 1.51. The van der Waals surface area contributed by atoms with E-state index in [1.54, 1.807) is 24.5 Å². The average molecular weight is 472 g/mol. The molecule has 0 aliphatic carbocycles. The summed E-state index contributed by atoms with van der Waals surface area (Å²) in [6, 6.07) is 5.97. The van der Waals surface area contributed by atoms with Crippen molar-refractivity contribution in [3.8, 4) is 0 Å². The first-order chi connectivity index (χ1) is 16.0. The second kappa shape index (κ2) is 10.5. The molecule has 4 rings (SSSR count).